The molecule has 3 heterocycles. The maximum atomic E-state index is 13.2. The van der Waals surface area contributed by atoms with Gasteiger partial charge in [-0.05, 0) is 42.9 Å². The molecule has 1 aromatic heterocycles. The van der Waals surface area contributed by atoms with Crippen LogP contribution in [0.2, 0.25) is 0 Å². The minimum absolute atomic E-state index is 0.0759. The van der Waals surface area contributed by atoms with Gasteiger partial charge in [0.05, 0.1) is 25.8 Å². The number of fused-ring (bicyclic) bond motifs is 3. The van der Waals surface area contributed by atoms with Crippen molar-refractivity contribution >= 4 is 23.1 Å². The summed E-state index contributed by atoms with van der Waals surface area (Å²) < 4.78 is 24.2. The molecule has 0 radical (unpaired) electrons. The van der Waals surface area contributed by atoms with Crippen molar-refractivity contribution in [1.82, 2.24) is 9.47 Å². The van der Waals surface area contributed by atoms with Crippen LogP contribution in [0, 0.1) is 5.92 Å². The van der Waals surface area contributed by atoms with E-state index in [0.29, 0.717) is 39.1 Å². The van der Waals surface area contributed by atoms with Gasteiger partial charge >= 0.3 is 12.2 Å². The second-order valence-corrected chi connectivity index (χ2v) is 9.22. The predicted octanol–water partition coefficient (Wildman–Crippen LogP) is 4.76. The zero-order chi connectivity index (χ0) is 24.9. The van der Waals surface area contributed by atoms with Gasteiger partial charge < -0.3 is 23.8 Å². The maximum absolute atomic E-state index is 13.2. The Morgan fingerprint density at radius 2 is 1.67 bits per heavy atom. The van der Waals surface area contributed by atoms with Crippen LogP contribution in [0.15, 0.2) is 54.6 Å². The van der Waals surface area contributed by atoms with Gasteiger partial charge in [-0.25, -0.2) is 14.2 Å². The first-order valence-electron chi connectivity index (χ1n) is 12.5. The molecule has 190 valence electrons. The molecule has 1 atom stereocenters. The van der Waals surface area contributed by atoms with E-state index in [9.17, 15) is 9.59 Å². The van der Waals surface area contributed by atoms with E-state index in [1.165, 1.54) is 7.11 Å². The van der Waals surface area contributed by atoms with Crippen LogP contribution in [0.3, 0.4) is 0 Å². The number of carbonyl (C=O) groups is 2. The van der Waals surface area contributed by atoms with Crippen LogP contribution in [0.5, 0.6) is 0 Å². The van der Waals surface area contributed by atoms with Gasteiger partial charge in [0.15, 0.2) is 6.29 Å². The summed E-state index contributed by atoms with van der Waals surface area (Å²) in [5, 5.41) is 1.00. The highest BCUT2D eigenvalue weighted by molar-refractivity contribution is 5.93. The molecule has 3 aromatic rings. The molecule has 1 unspecified atom stereocenters. The molecule has 1 amide bonds. The van der Waals surface area contributed by atoms with Crippen molar-refractivity contribution in [1.29, 1.82) is 0 Å². The van der Waals surface area contributed by atoms with Gasteiger partial charge in [-0.1, -0.05) is 48.5 Å². The van der Waals surface area contributed by atoms with E-state index >= 15 is 0 Å². The lowest BCUT2D eigenvalue weighted by Crippen LogP contribution is -2.37. The van der Waals surface area contributed by atoms with Crippen LogP contribution >= 0.6 is 0 Å². The molecule has 8 heteroatoms. The summed E-state index contributed by atoms with van der Waals surface area (Å²) in [6.45, 7) is 2.39. The molecular formula is C28H32N2O6. The van der Waals surface area contributed by atoms with Gasteiger partial charge in [0, 0.05) is 30.1 Å². The third-order valence-corrected chi connectivity index (χ3v) is 7.09. The molecule has 0 spiro atoms. The number of ether oxygens (including phenoxy) is 4. The molecule has 0 aliphatic carbocycles. The van der Waals surface area contributed by atoms with Crippen LogP contribution in [0.4, 0.5) is 9.59 Å². The second kappa shape index (κ2) is 11.1. The van der Waals surface area contributed by atoms with Crippen molar-refractivity contribution in [3.8, 4) is 0 Å². The first-order chi connectivity index (χ1) is 17.7. The zero-order valence-electron chi connectivity index (χ0n) is 20.6. The average Bonchev–Trinajstić information content (AvgIpc) is 3.56. The number of nitrogens with zero attached hydrogens (tertiary/aromatic N) is 2. The molecule has 8 nitrogen and oxygen atoms in total. The molecule has 0 N–H and O–H groups in total. The Kier molecular flexibility index (Phi) is 7.53. The lowest BCUT2D eigenvalue weighted by atomic mass is 9.94. The number of amides is 1. The molecule has 5 rings (SSSR count). The van der Waals surface area contributed by atoms with Crippen molar-refractivity contribution in [2.24, 2.45) is 5.92 Å². The van der Waals surface area contributed by atoms with Gasteiger partial charge in [-0.15, -0.1) is 0 Å². The monoisotopic (exact) mass is 492 g/mol. The number of methoxy groups -OCH3 is 1. The number of benzene rings is 2. The fourth-order valence-electron chi connectivity index (χ4n) is 5.26. The largest absolute Gasteiger partial charge is 0.452 e. The number of aromatic nitrogens is 1. The molecule has 36 heavy (non-hydrogen) atoms. The van der Waals surface area contributed by atoms with Crippen LogP contribution in [0.1, 0.15) is 29.7 Å². The van der Waals surface area contributed by atoms with Gasteiger partial charge in [0.1, 0.15) is 6.61 Å². The number of hydrogen-bond acceptors (Lipinski definition) is 6. The molecular weight excluding hydrogens is 460 g/mol. The standard InChI is InChI=1S/C28H32N2O6/c1-33-28(32)30-24-10-6-5-9-22(24)23-14-16-29(27(31)36-19-20-7-3-2-4-8-20)15-13-21(11-12-25(23)30)26-34-17-18-35-26/h2-10,21,26H,11-19H2,1H3. The van der Waals surface area contributed by atoms with Gasteiger partial charge in [0.25, 0.3) is 0 Å². The Labute approximate surface area is 210 Å². The fourth-order valence-corrected chi connectivity index (χ4v) is 5.26. The number of carbonyl (C=O) groups excluding carboxylic acids is 2. The molecule has 1 saturated heterocycles. The maximum Gasteiger partial charge on any atom is 0.418 e. The highest BCUT2D eigenvalue weighted by Gasteiger charge is 2.31. The van der Waals surface area contributed by atoms with Crippen molar-refractivity contribution < 1.29 is 28.5 Å². The summed E-state index contributed by atoms with van der Waals surface area (Å²) in [6.07, 6.45) is 1.72. The van der Waals surface area contributed by atoms with E-state index in [1.54, 1.807) is 9.47 Å². The lowest BCUT2D eigenvalue weighted by molar-refractivity contribution is -0.0889. The Morgan fingerprint density at radius 1 is 0.917 bits per heavy atom. The molecule has 0 saturated carbocycles. The third kappa shape index (κ3) is 5.10. The number of rotatable bonds is 3. The predicted molar refractivity (Wildman–Crippen MR) is 134 cm³/mol. The molecule has 2 aliphatic rings. The fraction of sp³-hybridized carbons (Fsp3) is 0.429. The van der Waals surface area contributed by atoms with E-state index < -0.39 is 6.09 Å². The lowest BCUT2D eigenvalue weighted by Gasteiger charge is -2.29. The first kappa shape index (κ1) is 24.3. The molecule has 1 fully saturated rings. The van der Waals surface area contributed by atoms with Crippen LogP contribution < -0.4 is 0 Å². The number of para-hydroxylation sites is 1. The van der Waals surface area contributed by atoms with Crippen molar-refractivity contribution in [2.45, 2.75) is 38.6 Å². The zero-order valence-corrected chi connectivity index (χ0v) is 20.6. The average molecular weight is 493 g/mol. The quantitative estimate of drug-likeness (QED) is 0.525. The smallest absolute Gasteiger partial charge is 0.418 e. The van der Waals surface area contributed by atoms with Crippen LogP contribution in [-0.2, 0) is 38.4 Å². The summed E-state index contributed by atoms with van der Waals surface area (Å²) in [5.74, 6) is 0.0759. The highest BCUT2D eigenvalue weighted by atomic mass is 16.7. The molecule has 2 aromatic carbocycles. The van der Waals surface area contributed by atoms with Gasteiger partial charge in [-0.2, -0.15) is 0 Å². The van der Waals surface area contributed by atoms with Gasteiger partial charge in [-0.3, -0.25) is 0 Å². The van der Waals surface area contributed by atoms with E-state index in [-0.39, 0.29) is 24.9 Å². The summed E-state index contributed by atoms with van der Waals surface area (Å²) in [5.41, 5.74) is 3.74. The second-order valence-electron chi connectivity index (χ2n) is 9.22. The topological polar surface area (TPSA) is 79.2 Å². The van der Waals surface area contributed by atoms with Crippen molar-refractivity contribution in [2.75, 3.05) is 33.4 Å². The third-order valence-electron chi connectivity index (χ3n) is 7.09. The van der Waals surface area contributed by atoms with E-state index in [1.807, 2.05) is 54.6 Å². The van der Waals surface area contributed by atoms with E-state index in [4.69, 9.17) is 18.9 Å². The van der Waals surface area contributed by atoms with Crippen LogP contribution in [-0.4, -0.2) is 61.4 Å². The van der Waals surface area contributed by atoms with E-state index in [0.717, 1.165) is 40.6 Å². The summed E-state index contributed by atoms with van der Waals surface area (Å²) in [6, 6.07) is 17.5. The Balaban J connectivity index is 1.46. The Hall–Kier alpha value is -3.36. The summed E-state index contributed by atoms with van der Waals surface area (Å²) in [4.78, 5) is 27.8. The summed E-state index contributed by atoms with van der Waals surface area (Å²) >= 11 is 0. The van der Waals surface area contributed by atoms with Crippen LogP contribution in [0.25, 0.3) is 10.9 Å². The SMILES string of the molecule is COC(=O)n1c2c(c3ccccc31)CCN(C(=O)OCc1ccccc1)CCC(C1OCCO1)CC2. The Bertz CT molecular complexity index is 1200. The minimum atomic E-state index is -0.409. The van der Waals surface area contributed by atoms with Gasteiger partial charge in [0.2, 0.25) is 0 Å². The summed E-state index contributed by atoms with van der Waals surface area (Å²) in [7, 11) is 1.40. The molecule has 2 aliphatic heterocycles. The normalized spacial score (nSPS) is 19.1. The highest BCUT2D eigenvalue weighted by Crippen LogP contribution is 2.32. The molecule has 0 bridgehead atoms. The Morgan fingerprint density at radius 3 is 2.44 bits per heavy atom. The van der Waals surface area contributed by atoms with Crippen molar-refractivity contribution in [3.05, 3.63) is 71.4 Å². The van der Waals surface area contributed by atoms with Crippen molar-refractivity contribution in [3.63, 3.8) is 0 Å². The van der Waals surface area contributed by atoms with E-state index in [2.05, 4.69) is 0 Å². The number of hydrogen-bond donors (Lipinski definition) is 0. The minimum Gasteiger partial charge on any atom is -0.452 e. The first-order valence-corrected chi connectivity index (χ1v) is 12.5.